The molecule has 10 heavy (non-hydrogen) atoms. The van der Waals surface area contributed by atoms with E-state index in [4.69, 9.17) is 5.73 Å². The minimum Gasteiger partial charge on any atom is -1.00 e. The van der Waals surface area contributed by atoms with E-state index in [0.717, 1.165) is 0 Å². The average Bonchev–Trinajstić information content (AvgIpc) is 1.65. The molecule has 4 nitrogen and oxygen atoms in total. The standard InChI is InChI=1S/C5H12N2O2.ClH/c1-5(2,3-4-6)7(8)9;/h3-4,6H2,1-2H3;1H/p-1. The molecule has 0 rings (SSSR count). The minimum absolute atomic E-state index is 0. The lowest BCUT2D eigenvalue weighted by atomic mass is 10.0. The Kier molecular flexibility index (Phi) is 5.51. The van der Waals surface area contributed by atoms with Crippen molar-refractivity contribution in [3.63, 3.8) is 0 Å². The van der Waals surface area contributed by atoms with Crippen molar-refractivity contribution >= 4 is 0 Å². The fourth-order valence-electron chi connectivity index (χ4n) is 0.445. The van der Waals surface area contributed by atoms with Crippen molar-refractivity contribution in [2.24, 2.45) is 5.73 Å². The molecule has 0 aliphatic rings. The van der Waals surface area contributed by atoms with E-state index in [1.54, 1.807) is 13.8 Å². The van der Waals surface area contributed by atoms with Crippen LogP contribution in [0.1, 0.15) is 20.3 Å². The Bertz CT molecular complexity index is 116. The smallest absolute Gasteiger partial charge is 0.218 e. The summed E-state index contributed by atoms with van der Waals surface area (Å²) in [5, 5.41) is 10.2. The lowest BCUT2D eigenvalue weighted by Gasteiger charge is -2.12. The zero-order valence-corrected chi connectivity index (χ0v) is 6.89. The van der Waals surface area contributed by atoms with Crippen molar-refractivity contribution in [1.29, 1.82) is 0 Å². The molecule has 0 aromatic carbocycles. The summed E-state index contributed by atoms with van der Waals surface area (Å²) in [6, 6.07) is 0. The van der Waals surface area contributed by atoms with Crippen molar-refractivity contribution in [2.45, 2.75) is 25.8 Å². The second-order valence-corrected chi connectivity index (χ2v) is 2.61. The lowest BCUT2D eigenvalue weighted by Crippen LogP contribution is -3.00. The van der Waals surface area contributed by atoms with Gasteiger partial charge in [-0.3, -0.25) is 10.1 Å². The van der Waals surface area contributed by atoms with Crippen LogP contribution in [0.25, 0.3) is 0 Å². The molecule has 0 aromatic rings. The van der Waals surface area contributed by atoms with Crippen molar-refractivity contribution in [2.75, 3.05) is 6.54 Å². The largest absolute Gasteiger partial charge is 1.00 e. The van der Waals surface area contributed by atoms with Gasteiger partial charge in [0.2, 0.25) is 5.54 Å². The van der Waals surface area contributed by atoms with E-state index >= 15 is 0 Å². The van der Waals surface area contributed by atoms with Crippen LogP contribution in [0.2, 0.25) is 0 Å². The molecule has 0 aliphatic carbocycles. The van der Waals surface area contributed by atoms with Crippen LogP contribution in [0, 0.1) is 10.1 Å². The number of nitro groups is 1. The topological polar surface area (TPSA) is 69.2 Å². The molecular formula is C5H12ClN2O2-. The van der Waals surface area contributed by atoms with E-state index in [0.29, 0.717) is 13.0 Å². The highest BCUT2D eigenvalue weighted by atomic mass is 35.5. The first kappa shape index (κ1) is 12.3. The lowest BCUT2D eigenvalue weighted by molar-refractivity contribution is -0.561. The van der Waals surface area contributed by atoms with E-state index in [9.17, 15) is 10.1 Å². The highest BCUT2D eigenvalue weighted by Crippen LogP contribution is 2.10. The molecule has 62 valence electrons. The summed E-state index contributed by atoms with van der Waals surface area (Å²) in [6.45, 7) is 3.51. The highest BCUT2D eigenvalue weighted by molar-refractivity contribution is 4.66. The van der Waals surface area contributed by atoms with Gasteiger partial charge in [0.05, 0.1) is 0 Å². The third kappa shape index (κ3) is 3.63. The normalized spacial score (nSPS) is 10.3. The molecule has 0 saturated carbocycles. The van der Waals surface area contributed by atoms with Gasteiger partial charge in [0.1, 0.15) is 0 Å². The molecule has 0 saturated heterocycles. The van der Waals surface area contributed by atoms with E-state index in [1.807, 2.05) is 0 Å². The molecule has 2 N–H and O–H groups in total. The number of hydrogen-bond acceptors (Lipinski definition) is 3. The van der Waals surface area contributed by atoms with Crippen LogP contribution in [0.5, 0.6) is 0 Å². The van der Waals surface area contributed by atoms with Crippen LogP contribution in [-0.4, -0.2) is 17.0 Å². The second-order valence-electron chi connectivity index (χ2n) is 2.61. The fourth-order valence-corrected chi connectivity index (χ4v) is 0.445. The highest BCUT2D eigenvalue weighted by Gasteiger charge is 2.28. The SMILES string of the molecule is CC(C)(CCN)[N+](=O)[O-].[Cl-]. The fraction of sp³-hybridized carbons (Fsp3) is 1.00. The van der Waals surface area contributed by atoms with Gasteiger partial charge in [-0.25, -0.2) is 0 Å². The van der Waals surface area contributed by atoms with Crippen molar-refractivity contribution in [1.82, 2.24) is 0 Å². The maximum Gasteiger partial charge on any atom is 0.218 e. The average molecular weight is 168 g/mol. The first-order valence-electron chi connectivity index (χ1n) is 2.85. The van der Waals surface area contributed by atoms with Gasteiger partial charge in [0, 0.05) is 25.2 Å². The predicted molar refractivity (Wildman–Crippen MR) is 34.7 cm³/mol. The second kappa shape index (κ2) is 4.46. The maximum absolute atomic E-state index is 10.2. The molecule has 0 spiro atoms. The maximum atomic E-state index is 10.2. The van der Waals surface area contributed by atoms with Gasteiger partial charge in [-0.1, -0.05) is 0 Å². The monoisotopic (exact) mass is 167 g/mol. The van der Waals surface area contributed by atoms with Crippen LogP contribution in [0.3, 0.4) is 0 Å². The van der Waals surface area contributed by atoms with Gasteiger partial charge < -0.3 is 18.1 Å². The summed E-state index contributed by atoms with van der Waals surface area (Å²) in [7, 11) is 0. The van der Waals surface area contributed by atoms with Crippen molar-refractivity contribution in [3.05, 3.63) is 10.1 Å². The molecule has 0 atom stereocenters. The van der Waals surface area contributed by atoms with Crippen molar-refractivity contribution < 1.29 is 17.3 Å². The Balaban J connectivity index is 0. The zero-order valence-electron chi connectivity index (χ0n) is 6.13. The minimum atomic E-state index is -0.852. The molecule has 0 unspecified atom stereocenters. The van der Waals surface area contributed by atoms with Crippen molar-refractivity contribution in [3.8, 4) is 0 Å². The molecule has 5 heteroatoms. The van der Waals surface area contributed by atoms with Crippen LogP contribution in [0.4, 0.5) is 0 Å². The van der Waals surface area contributed by atoms with Gasteiger partial charge in [0.15, 0.2) is 0 Å². The van der Waals surface area contributed by atoms with E-state index in [-0.39, 0.29) is 17.3 Å². The summed E-state index contributed by atoms with van der Waals surface area (Å²) >= 11 is 0. The number of nitrogens with two attached hydrogens (primary N) is 1. The van der Waals surface area contributed by atoms with E-state index in [2.05, 4.69) is 0 Å². The number of rotatable bonds is 3. The van der Waals surface area contributed by atoms with Gasteiger partial charge in [-0.05, 0) is 6.54 Å². The first-order chi connectivity index (χ1) is 4.00. The number of halogens is 1. The van der Waals surface area contributed by atoms with Gasteiger partial charge in [-0.2, -0.15) is 0 Å². The first-order valence-corrected chi connectivity index (χ1v) is 2.85. The molecule has 0 aliphatic heterocycles. The summed E-state index contributed by atoms with van der Waals surface area (Å²) in [5.74, 6) is 0. The third-order valence-corrected chi connectivity index (χ3v) is 1.25. The van der Waals surface area contributed by atoms with Gasteiger partial charge in [0.25, 0.3) is 0 Å². The third-order valence-electron chi connectivity index (χ3n) is 1.25. The van der Waals surface area contributed by atoms with Crippen LogP contribution in [-0.2, 0) is 0 Å². The van der Waals surface area contributed by atoms with Crippen LogP contribution >= 0.6 is 0 Å². The molecule has 0 fully saturated rings. The summed E-state index contributed by atoms with van der Waals surface area (Å²) in [6.07, 6.45) is 0.431. The molecule has 0 bridgehead atoms. The van der Waals surface area contributed by atoms with Gasteiger partial charge >= 0.3 is 0 Å². The Morgan fingerprint density at radius 3 is 2.10 bits per heavy atom. The van der Waals surface area contributed by atoms with E-state index < -0.39 is 5.54 Å². The molecule has 0 radical (unpaired) electrons. The van der Waals surface area contributed by atoms with E-state index in [1.165, 1.54) is 0 Å². The summed E-state index contributed by atoms with van der Waals surface area (Å²) < 4.78 is 0. The summed E-state index contributed by atoms with van der Waals surface area (Å²) in [4.78, 5) is 9.86. The molecule has 0 heterocycles. The molecule has 0 aromatic heterocycles. The Labute approximate surface area is 66.3 Å². The summed E-state index contributed by atoms with van der Waals surface area (Å²) in [5.41, 5.74) is 4.30. The zero-order chi connectivity index (χ0) is 7.49. The Morgan fingerprint density at radius 1 is 1.60 bits per heavy atom. The van der Waals surface area contributed by atoms with Crippen LogP contribution in [0.15, 0.2) is 0 Å². The molecular weight excluding hydrogens is 156 g/mol. The quantitative estimate of drug-likeness (QED) is 0.370. The number of nitrogens with zero attached hydrogens (tertiary/aromatic N) is 1. The number of hydrogen-bond donors (Lipinski definition) is 1. The molecule has 0 amide bonds. The van der Waals surface area contributed by atoms with Gasteiger partial charge in [-0.15, -0.1) is 0 Å². The van der Waals surface area contributed by atoms with Crippen LogP contribution < -0.4 is 18.1 Å². The Morgan fingerprint density at radius 2 is 2.00 bits per heavy atom. The Hall–Kier alpha value is -0.350. The predicted octanol–water partition coefficient (Wildman–Crippen LogP) is -2.61.